The van der Waals surface area contributed by atoms with Crippen LogP contribution in [-0.2, 0) is 0 Å². The Balaban J connectivity index is 1.96. The molecule has 27 heavy (non-hydrogen) atoms. The Hall–Kier alpha value is -1.88. The molecule has 0 unspecified atom stereocenters. The van der Waals surface area contributed by atoms with Crippen LogP contribution in [0.15, 0.2) is 18.2 Å². The number of aliphatic hydroxyl groups is 1. The predicted molar refractivity (Wildman–Crippen MR) is 97.7 cm³/mol. The lowest BCUT2D eigenvalue weighted by Gasteiger charge is -2.22. The fraction of sp³-hybridized carbons (Fsp3) is 0.400. The Morgan fingerprint density at radius 2 is 2.00 bits per heavy atom. The molecule has 1 aromatic heterocycles. The summed E-state index contributed by atoms with van der Waals surface area (Å²) < 4.78 is 37.0. The molecule has 0 saturated carbocycles. The summed E-state index contributed by atoms with van der Waals surface area (Å²) in [4.78, 5) is 5.38. The number of hydrogen-bond donors (Lipinski definition) is 3. The SMILES string of the molecule is CN(CCNc1nnc(-c2cccc(Cl)c2Cl)c(N)n1)C[C@@H](O)C(F)(F)F. The molecular formula is C15H17Cl2F3N6O. The molecule has 2 aromatic rings. The van der Waals surface area contributed by atoms with Gasteiger partial charge < -0.3 is 21.1 Å². The van der Waals surface area contributed by atoms with E-state index in [4.69, 9.17) is 34.0 Å². The maximum atomic E-state index is 12.3. The molecule has 0 bridgehead atoms. The van der Waals surface area contributed by atoms with Crippen molar-refractivity contribution in [1.29, 1.82) is 0 Å². The summed E-state index contributed by atoms with van der Waals surface area (Å²) in [5.41, 5.74) is 6.64. The maximum absolute atomic E-state index is 12.3. The monoisotopic (exact) mass is 424 g/mol. The lowest BCUT2D eigenvalue weighted by molar-refractivity contribution is -0.207. The molecule has 148 valence electrons. The van der Waals surface area contributed by atoms with Gasteiger partial charge in [-0.2, -0.15) is 18.2 Å². The number of nitrogens with zero attached hydrogens (tertiary/aromatic N) is 4. The number of rotatable bonds is 7. The van der Waals surface area contributed by atoms with Crippen LogP contribution in [-0.4, -0.2) is 64.1 Å². The molecule has 1 aromatic carbocycles. The van der Waals surface area contributed by atoms with Gasteiger partial charge in [-0.15, -0.1) is 10.2 Å². The van der Waals surface area contributed by atoms with Gasteiger partial charge in [0.25, 0.3) is 0 Å². The highest BCUT2D eigenvalue weighted by Crippen LogP contribution is 2.34. The van der Waals surface area contributed by atoms with Gasteiger partial charge in [0, 0.05) is 25.2 Å². The number of anilines is 2. The molecule has 0 amide bonds. The minimum Gasteiger partial charge on any atom is -0.382 e. The number of aliphatic hydroxyl groups excluding tert-OH is 1. The zero-order chi connectivity index (χ0) is 20.2. The largest absolute Gasteiger partial charge is 0.415 e. The molecule has 1 heterocycles. The molecule has 1 atom stereocenters. The van der Waals surface area contributed by atoms with Crippen molar-refractivity contribution in [2.45, 2.75) is 12.3 Å². The highest BCUT2D eigenvalue weighted by Gasteiger charge is 2.38. The molecule has 0 aliphatic heterocycles. The Morgan fingerprint density at radius 3 is 2.63 bits per heavy atom. The molecule has 7 nitrogen and oxygen atoms in total. The van der Waals surface area contributed by atoms with Gasteiger partial charge >= 0.3 is 6.18 Å². The first kappa shape index (κ1) is 21.4. The van der Waals surface area contributed by atoms with Crippen LogP contribution in [0.2, 0.25) is 10.0 Å². The number of halogens is 5. The third-order valence-corrected chi connectivity index (χ3v) is 4.38. The van der Waals surface area contributed by atoms with E-state index >= 15 is 0 Å². The molecule has 0 aliphatic carbocycles. The van der Waals surface area contributed by atoms with Crippen molar-refractivity contribution < 1.29 is 18.3 Å². The Bertz CT molecular complexity index is 793. The average Bonchev–Trinajstić information content (AvgIpc) is 2.57. The van der Waals surface area contributed by atoms with E-state index in [-0.39, 0.29) is 35.6 Å². The van der Waals surface area contributed by atoms with Crippen molar-refractivity contribution in [1.82, 2.24) is 20.1 Å². The number of alkyl halides is 3. The zero-order valence-corrected chi connectivity index (χ0v) is 15.6. The molecule has 2 rings (SSSR count). The van der Waals surface area contributed by atoms with Gasteiger partial charge in [0.05, 0.1) is 10.0 Å². The fourth-order valence-electron chi connectivity index (χ4n) is 2.14. The van der Waals surface area contributed by atoms with Crippen molar-refractivity contribution in [2.75, 3.05) is 37.7 Å². The van der Waals surface area contributed by atoms with E-state index in [1.54, 1.807) is 18.2 Å². The smallest absolute Gasteiger partial charge is 0.382 e. The van der Waals surface area contributed by atoms with Crippen LogP contribution in [0.1, 0.15) is 0 Å². The van der Waals surface area contributed by atoms with Gasteiger partial charge in [0.1, 0.15) is 5.69 Å². The highest BCUT2D eigenvalue weighted by atomic mass is 35.5. The third kappa shape index (κ3) is 5.80. The second-order valence-corrected chi connectivity index (χ2v) is 6.50. The second kappa shape index (κ2) is 8.87. The third-order valence-electron chi connectivity index (χ3n) is 3.56. The highest BCUT2D eigenvalue weighted by molar-refractivity contribution is 6.43. The van der Waals surface area contributed by atoms with Crippen LogP contribution >= 0.6 is 23.2 Å². The Kier molecular flexibility index (Phi) is 7.04. The van der Waals surface area contributed by atoms with Crippen molar-refractivity contribution in [2.24, 2.45) is 0 Å². The molecular weight excluding hydrogens is 408 g/mol. The fourth-order valence-corrected chi connectivity index (χ4v) is 2.53. The van der Waals surface area contributed by atoms with Crippen LogP contribution in [0.5, 0.6) is 0 Å². The summed E-state index contributed by atoms with van der Waals surface area (Å²) >= 11 is 12.1. The summed E-state index contributed by atoms with van der Waals surface area (Å²) in [5.74, 6) is 0.177. The first-order valence-electron chi connectivity index (χ1n) is 7.71. The minimum absolute atomic E-state index is 0.0671. The molecule has 0 fully saturated rings. The van der Waals surface area contributed by atoms with Gasteiger partial charge in [-0.05, 0) is 13.1 Å². The zero-order valence-electron chi connectivity index (χ0n) is 14.1. The number of aromatic nitrogens is 3. The van der Waals surface area contributed by atoms with Gasteiger partial charge in [-0.25, -0.2) is 0 Å². The van der Waals surface area contributed by atoms with Crippen molar-refractivity contribution >= 4 is 35.0 Å². The molecule has 0 spiro atoms. The normalized spacial score (nSPS) is 13.0. The van der Waals surface area contributed by atoms with E-state index in [1.807, 2.05) is 0 Å². The first-order chi connectivity index (χ1) is 12.6. The molecule has 0 saturated heterocycles. The average molecular weight is 425 g/mol. The molecule has 4 N–H and O–H groups in total. The van der Waals surface area contributed by atoms with E-state index in [9.17, 15) is 13.2 Å². The van der Waals surface area contributed by atoms with Gasteiger partial charge in [-0.3, -0.25) is 0 Å². The lowest BCUT2D eigenvalue weighted by atomic mass is 10.1. The topological polar surface area (TPSA) is 100 Å². The van der Waals surface area contributed by atoms with E-state index in [0.29, 0.717) is 10.6 Å². The number of hydrogen-bond acceptors (Lipinski definition) is 7. The Morgan fingerprint density at radius 1 is 1.30 bits per heavy atom. The van der Waals surface area contributed by atoms with E-state index in [2.05, 4.69) is 20.5 Å². The first-order valence-corrected chi connectivity index (χ1v) is 8.47. The van der Waals surface area contributed by atoms with E-state index < -0.39 is 18.8 Å². The van der Waals surface area contributed by atoms with Crippen LogP contribution in [0.25, 0.3) is 11.3 Å². The number of benzene rings is 1. The Labute approximate surface area is 163 Å². The van der Waals surface area contributed by atoms with Gasteiger partial charge in [0.15, 0.2) is 11.9 Å². The summed E-state index contributed by atoms with van der Waals surface area (Å²) in [5, 5.41) is 20.3. The summed E-state index contributed by atoms with van der Waals surface area (Å²) in [6, 6.07) is 4.97. The van der Waals surface area contributed by atoms with Crippen LogP contribution < -0.4 is 11.1 Å². The molecule has 0 radical (unpaired) electrons. The van der Waals surface area contributed by atoms with Crippen LogP contribution in [0.3, 0.4) is 0 Å². The van der Waals surface area contributed by atoms with Gasteiger partial charge in [-0.1, -0.05) is 35.3 Å². The van der Waals surface area contributed by atoms with Crippen molar-refractivity contribution in [3.05, 3.63) is 28.2 Å². The van der Waals surface area contributed by atoms with Crippen molar-refractivity contribution in [3.63, 3.8) is 0 Å². The van der Waals surface area contributed by atoms with E-state index in [0.717, 1.165) is 0 Å². The standard InChI is InChI=1S/C15H17Cl2F3N6O/c1-26(7-10(27)15(18,19)20)6-5-22-14-23-13(21)12(24-25-14)8-3-2-4-9(16)11(8)17/h2-4,10,27H,5-7H2,1H3,(H3,21,22,23,25)/t10-/m1/s1. The van der Waals surface area contributed by atoms with Crippen LogP contribution in [0.4, 0.5) is 24.9 Å². The minimum atomic E-state index is -4.65. The summed E-state index contributed by atoms with van der Waals surface area (Å²) in [6.07, 6.45) is -7.06. The second-order valence-electron chi connectivity index (χ2n) is 5.72. The van der Waals surface area contributed by atoms with Crippen molar-refractivity contribution in [3.8, 4) is 11.3 Å². The molecule has 12 heteroatoms. The summed E-state index contributed by atoms with van der Waals surface area (Å²) in [6.45, 7) is -0.115. The predicted octanol–water partition coefficient (Wildman–Crippen LogP) is 2.69. The number of nitrogen functional groups attached to an aromatic ring is 1. The number of likely N-dealkylation sites (N-methyl/N-ethyl adjacent to an activating group) is 1. The number of nitrogens with one attached hydrogen (secondary N) is 1. The van der Waals surface area contributed by atoms with Crippen LogP contribution in [0, 0.1) is 0 Å². The molecule has 0 aliphatic rings. The lowest BCUT2D eigenvalue weighted by Crippen LogP contribution is -2.40. The summed E-state index contributed by atoms with van der Waals surface area (Å²) in [7, 11) is 1.45. The quantitative estimate of drug-likeness (QED) is 0.627. The maximum Gasteiger partial charge on any atom is 0.415 e. The van der Waals surface area contributed by atoms with E-state index in [1.165, 1.54) is 11.9 Å². The van der Waals surface area contributed by atoms with Gasteiger partial charge in [0.2, 0.25) is 5.95 Å². The number of nitrogens with two attached hydrogens (primary N) is 1.